The summed E-state index contributed by atoms with van der Waals surface area (Å²) in [4.78, 5) is 13.9. The van der Waals surface area contributed by atoms with Crippen LogP contribution in [0.5, 0.6) is 0 Å². The van der Waals surface area contributed by atoms with Crippen molar-refractivity contribution >= 4 is 11.7 Å². The second-order valence-electron chi connectivity index (χ2n) is 5.35. The Kier molecular flexibility index (Phi) is 6.62. The number of hydrogen-bond acceptors (Lipinski definition) is 3. The van der Waals surface area contributed by atoms with Crippen molar-refractivity contribution in [2.45, 2.75) is 26.2 Å². The minimum absolute atomic E-state index is 0.0300. The first kappa shape index (κ1) is 17.0. The highest BCUT2D eigenvalue weighted by atomic mass is 16.3. The summed E-state index contributed by atoms with van der Waals surface area (Å²) in [6.45, 7) is 3.10. The molecule has 0 spiro atoms. The van der Waals surface area contributed by atoms with Gasteiger partial charge in [-0.15, -0.1) is 0 Å². The maximum atomic E-state index is 12.3. The van der Waals surface area contributed by atoms with Gasteiger partial charge in [-0.2, -0.15) is 5.10 Å². The van der Waals surface area contributed by atoms with Crippen LogP contribution < -0.4 is 5.32 Å². The molecule has 2 amide bonds. The highest BCUT2D eigenvalue weighted by Crippen LogP contribution is 2.13. The number of amides is 2. The molecule has 0 aliphatic rings. The highest BCUT2D eigenvalue weighted by molar-refractivity contribution is 5.89. The molecule has 2 rings (SSSR count). The van der Waals surface area contributed by atoms with E-state index < -0.39 is 0 Å². The van der Waals surface area contributed by atoms with Crippen molar-refractivity contribution < 1.29 is 9.90 Å². The van der Waals surface area contributed by atoms with Gasteiger partial charge in [0.05, 0.1) is 12.3 Å². The standard InChI is InChI=1S/C17H24N4O2/c1-2-3-4-11-20(13-14-22)17(23)19-15-6-8-16(9-7-15)21-12-5-10-18-21/h5-10,12,22H,2-4,11,13-14H2,1H3,(H,19,23). The number of aliphatic hydroxyl groups excluding tert-OH is 1. The van der Waals surface area contributed by atoms with Gasteiger partial charge >= 0.3 is 6.03 Å². The number of carbonyl (C=O) groups is 1. The Labute approximate surface area is 136 Å². The number of hydrogen-bond donors (Lipinski definition) is 2. The number of aliphatic hydroxyl groups is 1. The minimum Gasteiger partial charge on any atom is -0.395 e. The molecular formula is C17H24N4O2. The number of nitrogens with one attached hydrogen (secondary N) is 1. The lowest BCUT2D eigenvalue weighted by atomic mass is 10.2. The van der Waals surface area contributed by atoms with Gasteiger partial charge in [0.1, 0.15) is 0 Å². The molecule has 0 radical (unpaired) electrons. The summed E-state index contributed by atoms with van der Waals surface area (Å²) >= 11 is 0. The van der Waals surface area contributed by atoms with E-state index in [9.17, 15) is 4.79 Å². The summed E-state index contributed by atoms with van der Waals surface area (Å²) < 4.78 is 1.76. The number of anilines is 1. The van der Waals surface area contributed by atoms with Crippen LogP contribution in [0.4, 0.5) is 10.5 Å². The van der Waals surface area contributed by atoms with E-state index in [1.54, 1.807) is 15.8 Å². The fraction of sp³-hybridized carbons (Fsp3) is 0.412. The first-order valence-corrected chi connectivity index (χ1v) is 8.01. The molecule has 0 bridgehead atoms. The largest absolute Gasteiger partial charge is 0.395 e. The monoisotopic (exact) mass is 316 g/mol. The third-order valence-corrected chi connectivity index (χ3v) is 3.58. The van der Waals surface area contributed by atoms with Crippen molar-refractivity contribution in [1.29, 1.82) is 0 Å². The molecule has 6 nitrogen and oxygen atoms in total. The first-order chi connectivity index (χ1) is 11.2. The fourth-order valence-corrected chi connectivity index (χ4v) is 2.31. The molecule has 0 aliphatic carbocycles. The summed E-state index contributed by atoms with van der Waals surface area (Å²) in [6.07, 6.45) is 6.71. The highest BCUT2D eigenvalue weighted by Gasteiger charge is 2.12. The number of carbonyl (C=O) groups excluding carboxylic acids is 1. The minimum atomic E-state index is -0.179. The van der Waals surface area contributed by atoms with E-state index in [4.69, 9.17) is 5.11 Å². The van der Waals surface area contributed by atoms with Crippen molar-refractivity contribution in [3.05, 3.63) is 42.7 Å². The molecule has 124 valence electrons. The lowest BCUT2D eigenvalue weighted by Gasteiger charge is -2.22. The zero-order chi connectivity index (χ0) is 16.5. The molecule has 6 heteroatoms. The van der Waals surface area contributed by atoms with E-state index in [-0.39, 0.29) is 12.6 Å². The smallest absolute Gasteiger partial charge is 0.321 e. The van der Waals surface area contributed by atoms with Gasteiger partial charge in [-0.3, -0.25) is 0 Å². The maximum Gasteiger partial charge on any atom is 0.321 e. The van der Waals surface area contributed by atoms with E-state index in [1.165, 1.54) is 0 Å². The molecule has 0 atom stereocenters. The Morgan fingerprint density at radius 3 is 2.65 bits per heavy atom. The van der Waals surface area contributed by atoms with E-state index in [0.717, 1.165) is 30.6 Å². The van der Waals surface area contributed by atoms with Gasteiger partial charge < -0.3 is 15.3 Å². The molecule has 1 aromatic heterocycles. The van der Waals surface area contributed by atoms with Crippen molar-refractivity contribution in [3.8, 4) is 5.69 Å². The third-order valence-electron chi connectivity index (χ3n) is 3.58. The van der Waals surface area contributed by atoms with Gasteiger partial charge in [0.25, 0.3) is 0 Å². The summed E-state index contributed by atoms with van der Waals surface area (Å²) in [5.74, 6) is 0. The quantitative estimate of drug-likeness (QED) is 0.736. The van der Waals surface area contributed by atoms with Crippen LogP contribution >= 0.6 is 0 Å². The molecule has 2 aromatic rings. The molecule has 0 fully saturated rings. The second-order valence-corrected chi connectivity index (χ2v) is 5.35. The van der Waals surface area contributed by atoms with Gasteiger partial charge in [0.2, 0.25) is 0 Å². The second kappa shape index (κ2) is 8.95. The Hall–Kier alpha value is -2.34. The van der Waals surface area contributed by atoms with Crippen LogP contribution in [0.25, 0.3) is 5.69 Å². The third kappa shape index (κ3) is 5.10. The predicted octanol–water partition coefficient (Wildman–Crippen LogP) is 2.89. The Balaban J connectivity index is 1.94. The lowest BCUT2D eigenvalue weighted by molar-refractivity contribution is 0.187. The predicted molar refractivity (Wildman–Crippen MR) is 90.8 cm³/mol. The molecule has 1 aromatic carbocycles. The maximum absolute atomic E-state index is 12.3. The number of nitrogens with zero attached hydrogens (tertiary/aromatic N) is 3. The van der Waals surface area contributed by atoms with Crippen LogP contribution in [0, 0.1) is 0 Å². The van der Waals surface area contributed by atoms with Crippen LogP contribution in [0.1, 0.15) is 26.2 Å². The number of benzene rings is 1. The molecule has 2 N–H and O–H groups in total. The van der Waals surface area contributed by atoms with Crippen molar-refractivity contribution in [2.24, 2.45) is 0 Å². The van der Waals surface area contributed by atoms with Crippen LogP contribution in [0.2, 0.25) is 0 Å². The van der Waals surface area contributed by atoms with E-state index in [1.807, 2.05) is 36.5 Å². The SMILES string of the molecule is CCCCCN(CCO)C(=O)Nc1ccc(-n2cccn2)cc1. The molecule has 1 heterocycles. The van der Waals surface area contributed by atoms with Crippen LogP contribution in [-0.4, -0.2) is 45.5 Å². The zero-order valence-corrected chi connectivity index (χ0v) is 13.5. The Bertz CT molecular complexity index is 581. The normalized spacial score (nSPS) is 10.5. The molecule has 0 saturated heterocycles. The zero-order valence-electron chi connectivity index (χ0n) is 13.5. The lowest BCUT2D eigenvalue weighted by Crippen LogP contribution is -2.37. The molecule has 0 unspecified atom stereocenters. The van der Waals surface area contributed by atoms with Gasteiger partial charge in [0, 0.05) is 31.2 Å². The summed E-state index contributed by atoms with van der Waals surface area (Å²) in [6, 6.07) is 9.17. The van der Waals surface area contributed by atoms with Crippen LogP contribution in [0.3, 0.4) is 0 Å². The number of unbranched alkanes of at least 4 members (excludes halogenated alkanes) is 2. The van der Waals surface area contributed by atoms with Crippen molar-refractivity contribution in [1.82, 2.24) is 14.7 Å². The fourth-order valence-electron chi connectivity index (χ4n) is 2.31. The molecule has 23 heavy (non-hydrogen) atoms. The number of rotatable bonds is 8. The van der Waals surface area contributed by atoms with Gasteiger partial charge in [-0.05, 0) is 36.8 Å². The summed E-state index contributed by atoms with van der Waals surface area (Å²) in [7, 11) is 0. The van der Waals surface area contributed by atoms with Gasteiger partial charge in [-0.25, -0.2) is 9.48 Å². The molecule has 0 saturated carbocycles. The van der Waals surface area contributed by atoms with Crippen LogP contribution in [-0.2, 0) is 0 Å². The van der Waals surface area contributed by atoms with Crippen molar-refractivity contribution in [2.75, 3.05) is 25.0 Å². The Morgan fingerprint density at radius 1 is 1.26 bits per heavy atom. The Morgan fingerprint density at radius 2 is 2.04 bits per heavy atom. The summed E-state index contributed by atoms with van der Waals surface area (Å²) in [5, 5.41) is 16.2. The van der Waals surface area contributed by atoms with E-state index >= 15 is 0 Å². The average molecular weight is 316 g/mol. The van der Waals surface area contributed by atoms with E-state index in [2.05, 4.69) is 17.3 Å². The topological polar surface area (TPSA) is 70.4 Å². The van der Waals surface area contributed by atoms with Gasteiger partial charge in [-0.1, -0.05) is 19.8 Å². The summed E-state index contributed by atoms with van der Waals surface area (Å²) in [5.41, 5.74) is 1.66. The van der Waals surface area contributed by atoms with Gasteiger partial charge in [0.15, 0.2) is 0 Å². The van der Waals surface area contributed by atoms with Crippen LogP contribution in [0.15, 0.2) is 42.7 Å². The first-order valence-electron chi connectivity index (χ1n) is 8.01. The number of aromatic nitrogens is 2. The number of urea groups is 1. The molecular weight excluding hydrogens is 292 g/mol. The average Bonchev–Trinajstić information content (AvgIpc) is 3.09. The van der Waals surface area contributed by atoms with E-state index in [0.29, 0.717) is 13.1 Å². The molecule has 0 aliphatic heterocycles. The van der Waals surface area contributed by atoms with Crippen molar-refractivity contribution in [3.63, 3.8) is 0 Å².